The minimum Gasteiger partial charge on any atom is -0.481 e. The quantitative estimate of drug-likeness (QED) is 0.770. The predicted molar refractivity (Wildman–Crippen MR) is 78.4 cm³/mol. The molecule has 20 heavy (non-hydrogen) atoms. The van der Waals surface area contributed by atoms with Crippen molar-refractivity contribution in [1.29, 1.82) is 0 Å². The Hall–Kier alpha value is -1.10. The highest BCUT2D eigenvalue weighted by molar-refractivity contribution is 5.78. The predicted octanol–water partition coefficient (Wildman–Crippen LogP) is 1.53. The number of nitrogens with zero attached hydrogens (tertiary/aromatic N) is 2. The summed E-state index contributed by atoms with van der Waals surface area (Å²) in [6.07, 6.45) is 0.650. The van der Waals surface area contributed by atoms with Crippen LogP contribution in [0, 0.1) is 17.8 Å². The van der Waals surface area contributed by atoms with E-state index in [2.05, 4.69) is 27.7 Å². The molecule has 0 radical (unpaired) electrons. The minimum absolute atomic E-state index is 0.124. The Bertz CT molecular complexity index is 332. The van der Waals surface area contributed by atoms with E-state index in [0.717, 1.165) is 13.1 Å². The van der Waals surface area contributed by atoms with Gasteiger partial charge in [-0.3, -0.25) is 14.5 Å². The second-order valence-electron chi connectivity index (χ2n) is 6.65. The standard InChI is InChI=1S/C15H28N2O3/c1-11(2)7-17(8-12(3)4)14(18)10-16-6-5-13(9-16)15(19)20/h11-13H,5-10H2,1-4H3,(H,19,20)/t13-/m1/s1. The fourth-order valence-electron chi connectivity index (χ4n) is 2.63. The third-order valence-corrected chi connectivity index (χ3v) is 3.50. The molecule has 5 heteroatoms. The van der Waals surface area contributed by atoms with Crippen LogP contribution in [0.3, 0.4) is 0 Å². The van der Waals surface area contributed by atoms with Gasteiger partial charge in [-0.1, -0.05) is 27.7 Å². The number of aliphatic carboxylic acids is 1. The monoisotopic (exact) mass is 284 g/mol. The molecule has 1 atom stereocenters. The van der Waals surface area contributed by atoms with Gasteiger partial charge in [-0.15, -0.1) is 0 Å². The number of likely N-dealkylation sites (tertiary alicyclic amines) is 1. The Morgan fingerprint density at radius 3 is 2.15 bits per heavy atom. The topological polar surface area (TPSA) is 60.9 Å². The molecule has 0 aromatic rings. The van der Waals surface area contributed by atoms with Crippen molar-refractivity contribution in [3.05, 3.63) is 0 Å². The van der Waals surface area contributed by atoms with Gasteiger partial charge in [-0.25, -0.2) is 0 Å². The second-order valence-corrected chi connectivity index (χ2v) is 6.65. The van der Waals surface area contributed by atoms with Crippen LogP contribution >= 0.6 is 0 Å². The van der Waals surface area contributed by atoms with Gasteiger partial charge in [0, 0.05) is 19.6 Å². The van der Waals surface area contributed by atoms with Crippen molar-refractivity contribution in [3.63, 3.8) is 0 Å². The van der Waals surface area contributed by atoms with Gasteiger partial charge in [0.15, 0.2) is 0 Å². The highest BCUT2D eigenvalue weighted by Gasteiger charge is 2.30. The van der Waals surface area contributed by atoms with E-state index in [1.807, 2.05) is 9.80 Å². The summed E-state index contributed by atoms with van der Waals surface area (Å²) < 4.78 is 0. The maximum Gasteiger partial charge on any atom is 0.307 e. The van der Waals surface area contributed by atoms with Crippen LogP contribution in [-0.4, -0.2) is 59.5 Å². The summed E-state index contributed by atoms with van der Waals surface area (Å²) in [5.74, 6) is -0.0443. The van der Waals surface area contributed by atoms with Gasteiger partial charge in [-0.05, 0) is 24.8 Å². The SMILES string of the molecule is CC(C)CN(CC(C)C)C(=O)CN1CC[C@@H](C(=O)O)C1. The molecule has 1 amide bonds. The zero-order valence-corrected chi connectivity index (χ0v) is 13.1. The maximum absolute atomic E-state index is 12.4. The lowest BCUT2D eigenvalue weighted by Gasteiger charge is -2.28. The van der Waals surface area contributed by atoms with Crippen molar-refractivity contribution < 1.29 is 14.7 Å². The van der Waals surface area contributed by atoms with Crippen LogP contribution in [0.5, 0.6) is 0 Å². The maximum atomic E-state index is 12.4. The number of rotatable bonds is 7. The highest BCUT2D eigenvalue weighted by Crippen LogP contribution is 2.16. The molecule has 1 aliphatic rings. The van der Waals surface area contributed by atoms with Crippen LogP contribution < -0.4 is 0 Å². The molecule has 0 spiro atoms. The Kier molecular flexibility index (Phi) is 6.46. The zero-order valence-electron chi connectivity index (χ0n) is 13.1. The van der Waals surface area contributed by atoms with E-state index in [0.29, 0.717) is 37.9 Å². The van der Waals surface area contributed by atoms with Crippen molar-refractivity contribution in [1.82, 2.24) is 9.80 Å². The lowest BCUT2D eigenvalue weighted by molar-refractivity contribution is -0.141. The number of carbonyl (C=O) groups is 2. The smallest absolute Gasteiger partial charge is 0.307 e. The fourth-order valence-corrected chi connectivity index (χ4v) is 2.63. The molecule has 0 unspecified atom stereocenters. The van der Waals surface area contributed by atoms with Gasteiger partial charge >= 0.3 is 5.97 Å². The average molecular weight is 284 g/mol. The Balaban J connectivity index is 2.51. The first-order valence-electron chi connectivity index (χ1n) is 7.52. The molecule has 1 aliphatic heterocycles. The highest BCUT2D eigenvalue weighted by atomic mass is 16.4. The van der Waals surface area contributed by atoms with E-state index >= 15 is 0 Å². The van der Waals surface area contributed by atoms with Crippen molar-refractivity contribution >= 4 is 11.9 Å². The number of hydrogen-bond acceptors (Lipinski definition) is 3. The van der Waals surface area contributed by atoms with Crippen LogP contribution in [0.1, 0.15) is 34.1 Å². The molecule has 0 bridgehead atoms. The fraction of sp³-hybridized carbons (Fsp3) is 0.867. The summed E-state index contributed by atoms with van der Waals surface area (Å²) in [6.45, 7) is 11.5. The van der Waals surface area contributed by atoms with E-state index < -0.39 is 5.97 Å². The largest absolute Gasteiger partial charge is 0.481 e. The minimum atomic E-state index is -0.749. The first-order chi connectivity index (χ1) is 9.29. The van der Waals surface area contributed by atoms with Crippen molar-refractivity contribution in [2.75, 3.05) is 32.7 Å². The Morgan fingerprint density at radius 2 is 1.75 bits per heavy atom. The summed E-state index contributed by atoms with van der Waals surface area (Å²) in [5.41, 5.74) is 0. The van der Waals surface area contributed by atoms with Gasteiger partial charge < -0.3 is 10.0 Å². The molecule has 1 rings (SSSR count). The van der Waals surface area contributed by atoms with Gasteiger partial charge in [0.25, 0.3) is 0 Å². The molecule has 1 N–H and O–H groups in total. The van der Waals surface area contributed by atoms with Crippen LogP contribution in [-0.2, 0) is 9.59 Å². The Labute approximate surface area is 121 Å². The molecule has 0 aromatic carbocycles. The van der Waals surface area contributed by atoms with E-state index in [9.17, 15) is 9.59 Å². The molecular formula is C15H28N2O3. The molecule has 1 fully saturated rings. The van der Waals surface area contributed by atoms with Crippen LogP contribution in [0.15, 0.2) is 0 Å². The van der Waals surface area contributed by atoms with Gasteiger partial charge in [0.05, 0.1) is 12.5 Å². The van der Waals surface area contributed by atoms with Gasteiger partial charge in [0.1, 0.15) is 0 Å². The molecule has 0 aromatic heterocycles. The second kappa shape index (κ2) is 7.62. The Morgan fingerprint density at radius 1 is 1.20 bits per heavy atom. The van der Waals surface area contributed by atoms with Crippen LogP contribution in [0.2, 0.25) is 0 Å². The summed E-state index contributed by atoms with van der Waals surface area (Å²) in [6, 6.07) is 0. The average Bonchev–Trinajstić information content (AvgIpc) is 2.75. The van der Waals surface area contributed by atoms with Crippen molar-refractivity contribution in [3.8, 4) is 0 Å². The first-order valence-corrected chi connectivity index (χ1v) is 7.52. The summed E-state index contributed by atoms with van der Waals surface area (Å²) in [5, 5.41) is 8.99. The van der Waals surface area contributed by atoms with E-state index in [1.165, 1.54) is 0 Å². The molecule has 1 saturated heterocycles. The van der Waals surface area contributed by atoms with Crippen LogP contribution in [0.25, 0.3) is 0 Å². The molecule has 0 aliphatic carbocycles. The summed E-state index contributed by atoms with van der Waals surface area (Å²) >= 11 is 0. The summed E-state index contributed by atoms with van der Waals surface area (Å²) in [4.78, 5) is 27.2. The number of carbonyl (C=O) groups excluding carboxylic acids is 1. The third kappa shape index (κ3) is 5.49. The molecule has 0 saturated carbocycles. The van der Waals surface area contributed by atoms with Crippen molar-refractivity contribution in [2.24, 2.45) is 17.8 Å². The van der Waals surface area contributed by atoms with E-state index in [-0.39, 0.29) is 11.8 Å². The first kappa shape index (κ1) is 17.0. The third-order valence-electron chi connectivity index (χ3n) is 3.50. The molecule has 1 heterocycles. The molecular weight excluding hydrogens is 256 g/mol. The van der Waals surface area contributed by atoms with E-state index in [4.69, 9.17) is 5.11 Å². The number of hydrogen-bond donors (Lipinski definition) is 1. The summed E-state index contributed by atoms with van der Waals surface area (Å²) in [7, 11) is 0. The van der Waals surface area contributed by atoms with Crippen LogP contribution in [0.4, 0.5) is 0 Å². The number of amides is 1. The lowest BCUT2D eigenvalue weighted by atomic mass is 10.1. The molecule has 5 nitrogen and oxygen atoms in total. The van der Waals surface area contributed by atoms with Gasteiger partial charge in [0.2, 0.25) is 5.91 Å². The number of carboxylic acids is 1. The van der Waals surface area contributed by atoms with E-state index in [1.54, 1.807) is 0 Å². The normalized spacial score (nSPS) is 19.8. The number of carboxylic acid groups (broad SMARTS) is 1. The lowest BCUT2D eigenvalue weighted by Crippen LogP contribution is -2.43. The van der Waals surface area contributed by atoms with Crippen molar-refractivity contribution in [2.45, 2.75) is 34.1 Å². The molecule has 116 valence electrons. The van der Waals surface area contributed by atoms with Gasteiger partial charge in [-0.2, -0.15) is 0 Å². The zero-order chi connectivity index (χ0) is 15.3.